The van der Waals surface area contributed by atoms with Crippen molar-refractivity contribution in [1.29, 1.82) is 0 Å². The van der Waals surface area contributed by atoms with Gasteiger partial charge in [0.1, 0.15) is 0 Å². The highest BCUT2D eigenvalue weighted by molar-refractivity contribution is 6.30. The molecule has 2 aromatic rings. The largest absolute Gasteiger partial charge is 0.311 e. The van der Waals surface area contributed by atoms with Crippen LogP contribution in [-0.4, -0.2) is 16.3 Å². The molecule has 1 aromatic heterocycles. The van der Waals surface area contributed by atoms with E-state index in [-0.39, 0.29) is 0 Å². The van der Waals surface area contributed by atoms with E-state index in [9.17, 15) is 0 Å². The minimum Gasteiger partial charge on any atom is -0.311 e. The fraction of sp³-hybridized carbons (Fsp3) is 0.308. The Labute approximate surface area is 106 Å². The molecule has 0 aliphatic rings. The summed E-state index contributed by atoms with van der Waals surface area (Å²) in [6, 6.07) is 7.89. The Morgan fingerprint density at radius 3 is 2.71 bits per heavy atom. The van der Waals surface area contributed by atoms with E-state index in [1.165, 1.54) is 11.1 Å². The van der Waals surface area contributed by atoms with E-state index in [2.05, 4.69) is 10.4 Å². The highest BCUT2D eigenvalue weighted by Gasteiger charge is 1.95. The molecule has 1 heterocycles. The molecule has 0 radical (unpaired) electrons. The van der Waals surface area contributed by atoms with Crippen molar-refractivity contribution in [3.8, 4) is 0 Å². The lowest BCUT2D eigenvalue weighted by Crippen LogP contribution is -2.19. The predicted molar refractivity (Wildman–Crippen MR) is 70.1 cm³/mol. The second kappa shape index (κ2) is 5.84. The highest BCUT2D eigenvalue weighted by atomic mass is 35.5. The molecule has 17 heavy (non-hydrogen) atoms. The molecule has 3 nitrogen and oxygen atoms in total. The first kappa shape index (κ1) is 12.1. The molecule has 0 amide bonds. The number of hydrogen-bond acceptors (Lipinski definition) is 2. The number of halogens is 1. The van der Waals surface area contributed by atoms with Gasteiger partial charge < -0.3 is 5.32 Å². The van der Waals surface area contributed by atoms with Crippen LogP contribution in [0.15, 0.2) is 36.7 Å². The molecular formula is C13H16ClN3. The molecule has 0 atom stereocenters. The highest BCUT2D eigenvalue weighted by Crippen LogP contribution is 2.08. The SMILES string of the molecule is Cc1cnn(CCNCc2ccc(Cl)cc2)c1. The van der Waals surface area contributed by atoms with E-state index >= 15 is 0 Å². The molecule has 90 valence electrons. The quantitative estimate of drug-likeness (QED) is 0.826. The van der Waals surface area contributed by atoms with Crippen LogP contribution >= 0.6 is 11.6 Å². The first-order chi connectivity index (χ1) is 8.24. The lowest BCUT2D eigenvalue weighted by molar-refractivity contribution is 0.554. The molecular weight excluding hydrogens is 234 g/mol. The van der Waals surface area contributed by atoms with Crippen LogP contribution in [-0.2, 0) is 13.1 Å². The summed E-state index contributed by atoms with van der Waals surface area (Å²) < 4.78 is 1.95. The summed E-state index contributed by atoms with van der Waals surface area (Å²) in [5.74, 6) is 0. The third-order valence-corrected chi connectivity index (χ3v) is 2.77. The molecule has 0 spiro atoms. The molecule has 0 saturated carbocycles. The number of rotatable bonds is 5. The maximum absolute atomic E-state index is 5.82. The second-order valence-corrected chi connectivity index (χ2v) is 4.52. The molecule has 0 bridgehead atoms. The van der Waals surface area contributed by atoms with Crippen LogP contribution in [0.4, 0.5) is 0 Å². The Hall–Kier alpha value is -1.32. The molecule has 0 unspecified atom stereocenters. The van der Waals surface area contributed by atoms with Gasteiger partial charge in [-0.05, 0) is 30.2 Å². The molecule has 0 saturated heterocycles. The fourth-order valence-electron chi connectivity index (χ4n) is 1.62. The summed E-state index contributed by atoms with van der Waals surface area (Å²) >= 11 is 5.82. The standard InChI is InChI=1S/C13H16ClN3/c1-11-8-16-17(10-11)7-6-15-9-12-2-4-13(14)5-3-12/h2-5,8,10,15H,6-7,9H2,1H3. The van der Waals surface area contributed by atoms with Gasteiger partial charge in [-0.25, -0.2) is 0 Å². The van der Waals surface area contributed by atoms with E-state index in [0.29, 0.717) is 0 Å². The molecule has 0 aliphatic heterocycles. The van der Waals surface area contributed by atoms with Gasteiger partial charge in [-0.3, -0.25) is 4.68 Å². The van der Waals surface area contributed by atoms with E-state index in [1.807, 2.05) is 48.3 Å². The van der Waals surface area contributed by atoms with Crippen LogP contribution in [0, 0.1) is 6.92 Å². The summed E-state index contributed by atoms with van der Waals surface area (Å²) in [6.07, 6.45) is 3.92. The Bertz CT molecular complexity index is 462. The van der Waals surface area contributed by atoms with Crippen molar-refractivity contribution in [3.05, 3.63) is 52.8 Å². The van der Waals surface area contributed by atoms with Crippen LogP contribution in [0.2, 0.25) is 5.02 Å². The van der Waals surface area contributed by atoms with E-state index in [0.717, 1.165) is 24.7 Å². The molecule has 0 fully saturated rings. The topological polar surface area (TPSA) is 29.9 Å². The van der Waals surface area contributed by atoms with Crippen molar-refractivity contribution in [2.24, 2.45) is 0 Å². The van der Waals surface area contributed by atoms with Gasteiger partial charge in [0.15, 0.2) is 0 Å². The van der Waals surface area contributed by atoms with Crippen LogP contribution in [0.3, 0.4) is 0 Å². The summed E-state index contributed by atoms with van der Waals surface area (Å²) in [7, 11) is 0. The molecule has 1 aromatic carbocycles. The van der Waals surface area contributed by atoms with Crippen LogP contribution < -0.4 is 5.32 Å². The average molecular weight is 250 g/mol. The zero-order chi connectivity index (χ0) is 12.1. The van der Waals surface area contributed by atoms with Crippen LogP contribution in [0.5, 0.6) is 0 Å². The van der Waals surface area contributed by atoms with Crippen LogP contribution in [0.25, 0.3) is 0 Å². The van der Waals surface area contributed by atoms with Gasteiger partial charge in [0.2, 0.25) is 0 Å². The van der Waals surface area contributed by atoms with Crippen molar-refractivity contribution < 1.29 is 0 Å². The van der Waals surface area contributed by atoms with Gasteiger partial charge in [-0.15, -0.1) is 0 Å². The van der Waals surface area contributed by atoms with Crippen molar-refractivity contribution in [1.82, 2.24) is 15.1 Å². The summed E-state index contributed by atoms with van der Waals surface area (Å²) in [4.78, 5) is 0. The normalized spacial score (nSPS) is 10.7. The fourth-order valence-corrected chi connectivity index (χ4v) is 1.74. The van der Waals surface area contributed by atoms with E-state index in [1.54, 1.807) is 0 Å². The van der Waals surface area contributed by atoms with Gasteiger partial charge in [0.05, 0.1) is 12.7 Å². The number of nitrogens with zero attached hydrogens (tertiary/aromatic N) is 2. The van der Waals surface area contributed by atoms with Gasteiger partial charge >= 0.3 is 0 Å². The summed E-state index contributed by atoms with van der Waals surface area (Å²) in [6.45, 7) is 4.70. The maximum atomic E-state index is 5.82. The van der Waals surface area contributed by atoms with Crippen LogP contribution in [0.1, 0.15) is 11.1 Å². The van der Waals surface area contributed by atoms with Gasteiger partial charge in [0, 0.05) is 24.3 Å². The number of nitrogens with one attached hydrogen (secondary N) is 1. The predicted octanol–water partition coefficient (Wildman–Crippen LogP) is 2.63. The Balaban J connectivity index is 1.71. The first-order valence-corrected chi connectivity index (χ1v) is 6.06. The third kappa shape index (κ3) is 3.88. The van der Waals surface area contributed by atoms with Gasteiger partial charge in [0.25, 0.3) is 0 Å². The second-order valence-electron chi connectivity index (χ2n) is 4.08. The number of hydrogen-bond donors (Lipinski definition) is 1. The summed E-state index contributed by atoms with van der Waals surface area (Å²) in [5.41, 5.74) is 2.44. The first-order valence-electron chi connectivity index (χ1n) is 5.68. The van der Waals surface area contributed by atoms with Crippen molar-refractivity contribution >= 4 is 11.6 Å². The smallest absolute Gasteiger partial charge is 0.0534 e. The zero-order valence-corrected chi connectivity index (χ0v) is 10.6. The number of aryl methyl sites for hydroxylation is 1. The minimum atomic E-state index is 0.778. The Morgan fingerprint density at radius 1 is 1.29 bits per heavy atom. The van der Waals surface area contributed by atoms with Gasteiger partial charge in [-0.2, -0.15) is 5.10 Å². The van der Waals surface area contributed by atoms with E-state index in [4.69, 9.17) is 11.6 Å². The van der Waals surface area contributed by atoms with Crippen molar-refractivity contribution in [2.45, 2.75) is 20.0 Å². The Kier molecular flexibility index (Phi) is 4.18. The maximum Gasteiger partial charge on any atom is 0.0534 e. The average Bonchev–Trinajstić information content (AvgIpc) is 2.73. The third-order valence-electron chi connectivity index (χ3n) is 2.52. The zero-order valence-electron chi connectivity index (χ0n) is 9.86. The van der Waals surface area contributed by atoms with E-state index < -0.39 is 0 Å². The molecule has 4 heteroatoms. The number of aromatic nitrogens is 2. The minimum absolute atomic E-state index is 0.778. The van der Waals surface area contributed by atoms with Crippen molar-refractivity contribution in [3.63, 3.8) is 0 Å². The van der Waals surface area contributed by atoms with Crippen molar-refractivity contribution in [2.75, 3.05) is 6.54 Å². The monoisotopic (exact) mass is 249 g/mol. The summed E-state index contributed by atoms with van der Waals surface area (Å²) in [5, 5.41) is 8.38. The van der Waals surface area contributed by atoms with Gasteiger partial charge in [-0.1, -0.05) is 23.7 Å². The molecule has 1 N–H and O–H groups in total. The Morgan fingerprint density at radius 2 is 2.06 bits per heavy atom. The molecule has 2 rings (SSSR count). The lowest BCUT2D eigenvalue weighted by atomic mass is 10.2. The number of benzene rings is 1. The lowest BCUT2D eigenvalue weighted by Gasteiger charge is -2.05. The molecule has 0 aliphatic carbocycles.